The second kappa shape index (κ2) is 8.14. The topological polar surface area (TPSA) is 136 Å². The summed E-state index contributed by atoms with van der Waals surface area (Å²) in [6, 6.07) is 6.00. The molecule has 3 N–H and O–H groups in total. The highest BCUT2D eigenvalue weighted by Crippen LogP contribution is 2.47. The molecule has 0 bridgehead atoms. The summed E-state index contributed by atoms with van der Waals surface area (Å²) in [5.74, 6) is -3.03. The van der Waals surface area contributed by atoms with Crippen molar-refractivity contribution in [3.8, 4) is 0 Å². The van der Waals surface area contributed by atoms with E-state index in [2.05, 4.69) is 0 Å². The first kappa shape index (κ1) is 22.5. The second-order valence-electron chi connectivity index (χ2n) is 8.75. The van der Waals surface area contributed by atoms with Gasteiger partial charge in [-0.2, -0.15) is 0 Å². The Labute approximate surface area is 179 Å². The zero-order valence-corrected chi connectivity index (χ0v) is 17.9. The summed E-state index contributed by atoms with van der Waals surface area (Å²) in [6.45, 7) is 5.93. The van der Waals surface area contributed by atoms with Crippen molar-refractivity contribution in [1.29, 1.82) is 0 Å². The summed E-state index contributed by atoms with van der Waals surface area (Å²) < 4.78 is 10.1. The van der Waals surface area contributed by atoms with E-state index in [1.807, 2.05) is 0 Å². The van der Waals surface area contributed by atoms with Crippen LogP contribution in [0, 0.1) is 11.3 Å². The molecule has 1 aromatic carbocycles. The molecule has 2 amide bonds. The first-order valence-electron chi connectivity index (χ1n) is 9.92. The number of carbonyl (C=O) groups is 4. The Morgan fingerprint density at radius 1 is 1.26 bits per heavy atom. The molecule has 2 aliphatic heterocycles. The van der Waals surface area contributed by atoms with Crippen molar-refractivity contribution in [3.05, 3.63) is 41.1 Å². The van der Waals surface area contributed by atoms with Crippen molar-refractivity contribution in [2.75, 3.05) is 6.79 Å². The second-order valence-corrected chi connectivity index (χ2v) is 8.75. The van der Waals surface area contributed by atoms with E-state index in [4.69, 9.17) is 15.2 Å². The average molecular weight is 430 g/mol. The van der Waals surface area contributed by atoms with Crippen LogP contribution in [0.2, 0.25) is 0 Å². The number of primary amides is 1. The van der Waals surface area contributed by atoms with E-state index >= 15 is 0 Å². The van der Waals surface area contributed by atoms with Gasteiger partial charge in [0, 0.05) is 5.56 Å². The average Bonchev–Trinajstić information content (AvgIpc) is 3.01. The van der Waals surface area contributed by atoms with Crippen LogP contribution in [0.25, 0.3) is 5.57 Å². The number of fused-ring (bicyclic) bond motifs is 1. The van der Waals surface area contributed by atoms with E-state index < -0.39 is 48.1 Å². The maximum atomic E-state index is 12.9. The Bertz CT molecular complexity index is 974. The molecule has 3 atom stereocenters. The minimum absolute atomic E-state index is 0.0142. The summed E-state index contributed by atoms with van der Waals surface area (Å²) in [5.41, 5.74) is 5.91. The lowest BCUT2D eigenvalue weighted by molar-refractivity contribution is -0.175. The first-order valence-corrected chi connectivity index (χ1v) is 9.92. The zero-order valence-electron chi connectivity index (χ0n) is 17.9. The van der Waals surface area contributed by atoms with Crippen LogP contribution in [-0.4, -0.2) is 52.7 Å². The van der Waals surface area contributed by atoms with Crippen molar-refractivity contribution in [2.24, 2.45) is 17.1 Å². The van der Waals surface area contributed by atoms with Gasteiger partial charge in [0.05, 0.1) is 23.5 Å². The van der Waals surface area contributed by atoms with Gasteiger partial charge in [0.2, 0.25) is 18.6 Å². The molecule has 9 nitrogen and oxygen atoms in total. The quantitative estimate of drug-likeness (QED) is 0.393. The maximum Gasteiger partial charge on any atom is 0.358 e. The van der Waals surface area contributed by atoms with Crippen molar-refractivity contribution >= 4 is 29.3 Å². The Morgan fingerprint density at radius 3 is 2.52 bits per heavy atom. The largest absolute Gasteiger partial charge is 0.427 e. The summed E-state index contributed by atoms with van der Waals surface area (Å²) in [7, 11) is 0. The number of rotatable bonds is 6. The molecule has 0 spiro atoms. The molecule has 3 rings (SSSR count). The third-order valence-corrected chi connectivity index (χ3v) is 5.41. The van der Waals surface area contributed by atoms with Gasteiger partial charge < -0.3 is 25.2 Å². The summed E-state index contributed by atoms with van der Waals surface area (Å²) in [6.07, 6.45) is -0.578. The lowest BCUT2D eigenvalue weighted by atomic mass is 9.82. The predicted octanol–water partition coefficient (Wildman–Crippen LogP) is 1.20. The number of nitrogens with two attached hydrogens (primary N) is 1. The molecule has 2 heterocycles. The number of nitrogens with zero attached hydrogens (tertiary/aromatic N) is 1. The Morgan fingerprint density at radius 2 is 1.94 bits per heavy atom. The maximum absolute atomic E-state index is 12.9. The van der Waals surface area contributed by atoms with Crippen molar-refractivity contribution in [1.82, 2.24) is 4.90 Å². The number of benzene rings is 1. The molecular formula is C22H26N2O7. The van der Waals surface area contributed by atoms with Crippen molar-refractivity contribution < 1.29 is 33.8 Å². The van der Waals surface area contributed by atoms with Gasteiger partial charge in [0.25, 0.3) is 0 Å². The van der Waals surface area contributed by atoms with E-state index in [1.165, 1.54) is 17.9 Å². The van der Waals surface area contributed by atoms with E-state index in [-0.39, 0.29) is 17.2 Å². The highest BCUT2D eigenvalue weighted by atomic mass is 16.7. The van der Waals surface area contributed by atoms with Gasteiger partial charge in [0.15, 0.2) is 0 Å². The minimum Gasteiger partial charge on any atom is -0.427 e. The Kier molecular flexibility index (Phi) is 5.91. The van der Waals surface area contributed by atoms with Crippen LogP contribution >= 0.6 is 0 Å². The van der Waals surface area contributed by atoms with Crippen LogP contribution in [0.15, 0.2) is 30.0 Å². The van der Waals surface area contributed by atoms with Gasteiger partial charge in [-0.05, 0) is 57.4 Å². The molecule has 1 fully saturated rings. The van der Waals surface area contributed by atoms with E-state index in [9.17, 15) is 24.3 Å². The third kappa shape index (κ3) is 4.18. The number of hydrogen-bond donors (Lipinski definition) is 2. The number of β-lactam (4-membered cyclic amide) rings is 1. The summed E-state index contributed by atoms with van der Waals surface area (Å²) >= 11 is 0. The standard InChI is InChI=1S/C22H26N2O7/c1-11(25)16-15-9-14(12-6-5-7-13(8-12)18(23)26)17(24(15)19(16)27)20(28)30-10-31-21(29)22(2,3)4/h5-8,11,15-16,25H,9-10H2,1-4H3,(H2,23,26)/t11-,15?,16?/m1/s1. The first-order chi connectivity index (χ1) is 14.4. The van der Waals surface area contributed by atoms with E-state index in [0.717, 1.165) is 0 Å². The number of esters is 2. The number of ether oxygens (including phenoxy) is 2. The SMILES string of the molecule is C[C@@H](O)C1C(=O)N2C(C(=O)OCOC(=O)C(C)(C)C)=C(c3cccc(C(N)=O)c3)CC12. The number of amides is 2. The minimum atomic E-state index is -0.880. The summed E-state index contributed by atoms with van der Waals surface area (Å²) in [4.78, 5) is 50.3. The smallest absolute Gasteiger partial charge is 0.358 e. The van der Waals surface area contributed by atoms with Gasteiger partial charge in [-0.25, -0.2) is 4.79 Å². The van der Waals surface area contributed by atoms with Gasteiger partial charge >= 0.3 is 11.9 Å². The molecule has 0 aromatic heterocycles. The zero-order chi connectivity index (χ0) is 23.1. The number of carbonyl (C=O) groups excluding carboxylic acids is 4. The molecule has 1 saturated heterocycles. The molecular weight excluding hydrogens is 404 g/mol. The molecule has 166 valence electrons. The van der Waals surface area contributed by atoms with Crippen molar-refractivity contribution in [3.63, 3.8) is 0 Å². The summed E-state index contributed by atoms with van der Waals surface area (Å²) in [5, 5.41) is 9.97. The Balaban J connectivity index is 1.90. The van der Waals surface area contributed by atoms with Gasteiger partial charge in [0.1, 0.15) is 5.70 Å². The number of aliphatic hydroxyl groups excluding tert-OH is 1. The Hall–Kier alpha value is -3.20. The fourth-order valence-corrected chi connectivity index (χ4v) is 3.80. The highest BCUT2D eigenvalue weighted by molar-refractivity contribution is 6.07. The lowest BCUT2D eigenvalue weighted by Gasteiger charge is -2.44. The molecule has 0 radical (unpaired) electrons. The van der Waals surface area contributed by atoms with Crippen LogP contribution < -0.4 is 5.73 Å². The van der Waals surface area contributed by atoms with Crippen LogP contribution in [0.3, 0.4) is 0 Å². The van der Waals surface area contributed by atoms with Gasteiger partial charge in [-0.15, -0.1) is 0 Å². The third-order valence-electron chi connectivity index (χ3n) is 5.41. The van der Waals surface area contributed by atoms with E-state index in [0.29, 0.717) is 17.6 Å². The fourth-order valence-electron chi connectivity index (χ4n) is 3.80. The molecule has 0 aliphatic carbocycles. The normalized spacial score (nSPS) is 21.3. The van der Waals surface area contributed by atoms with Crippen LogP contribution in [0.4, 0.5) is 0 Å². The van der Waals surface area contributed by atoms with Gasteiger partial charge in [-0.3, -0.25) is 14.4 Å². The molecule has 0 saturated carbocycles. The molecule has 2 unspecified atom stereocenters. The van der Waals surface area contributed by atoms with E-state index in [1.54, 1.807) is 39.0 Å². The molecule has 2 aliphatic rings. The fraction of sp³-hybridized carbons (Fsp3) is 0.455. The van der Waals surface area contributed by atoms with Crippen molar-refractivity contribution in [2.45, 2.75) is 46.3 Å². The van der Waals surface area contributed by atoms with Crippen LogP contribution in [0.5, 0.6) is 0 Å². The molecule has 1 aromatic rings. The number of aliphatic hydroxyl groups is 1. The number of hydrogen-bond acceptors (Lipinski definition) is 7. The molecule has 31 heavy (non-hydrogen) atoms. The van der Waals surface area contributed by atoms with Gasteiger partial charge in [-0.1, -0.05) is 12.1 Å². The van der Waals surface area contributed by atoms with Crippen LogP contribution in [0.1, 0.15) is 50.0 Å². The molecule has 9 heteroatoms. The monoisotopic (exact) mass is 430 g/mol. The lowest BCUT2D eigenvalue weighted by Crippen LogP contribution is -2.61. The van der Waals surface area contributed by atoms with Crippen LogP contribution in [-0.2, 0) is 23.9 Å². The predicted molar refractivity (Wildman–Crippen MR) is 109 cm³/mol. The highest BCUT2D eigenvalue weighted by Gasteiger charge is 2.57.